The zero-order chi connectivity index (χ0) is 14.8. The third-order valence-corrected chi connectivity index (χ3v) is 4.67. The third-order valence-electron chi connectivity index (χ3n) is 2.94. The number of hydrogen-bond acceptors (Lipinski definition) is 4. The maximum absolute atomic E-state index is 6.20. The molecule has 7 heteroatoms. The fourth-order valence-electron chi connectivity index (χ4n) is 1.88. The Morgan fingerprint density at radius 1 is 1.38 bits per heavy atom. The molecule has 0 radical (unpaired) electrons. The van der Waals surface area contributed by atoms with E-state index in [2.05, 4.69) is 31.2 Å². The van der Waals surface area contributed by atoms with Crippen molar-refractivity contribution in [3.05, 3.63) is 52.3 Å². The van der Waals surface area contributed by atoms with Crippen LogP contribution in [-0.4, -0.2) is 20.0 Å². The summed E-state index contributed by atoms with van der Waals surface area (Å²) in [5.74, 6) is 0. The van der Waals surface area contributed by atoms with Gasteiger partial charge in [-0.3, -0.25) is 0 Å². The third kappa shape index (κ3) is 3.33. The minimum Gasteiger partial charge on any atom is -0.246 e. The average Bonchev–Trinajstić information content (AvgIpc) is 3.09. The van der Waals surface area contributed by atoms with Gasteiger partial charge >= 0.3 is 0 Å². The molecule has 0 saturated heterocycles. The van der Waals surface area contributed by atoms with Crippen LogP contribution in [0.4, 0.5) is 0 Å². The Hall–Kier alpha value is -1.24. The highest BCUT2D eigenvalue weighted by molar-refractivity contribution is 9.09. The van der Waals surface area contributed by atoms with Crippen molar-refractivity contribution >= 4 is 38.9 Å². The molecule has 0 bridgehead atoms. The van der Waals surface area contributed by atoms with Gasteiger partial charge in [0.25, 0.3) is 0 Å². The van der Waals surface area contributed by atoms with Crippen LogP contribution in [-0.2, 0) is 6.54 Å². The maximum Gasteiger partial charge on any atom is 0.125 e. The van der Waals surface area contributed by atoms with Crippen molar-refractivity contribution in [1.82, 2.24) is 20.0 Å². The fourth-order valence-corrected chi connectivity index (χ4v) is 3.22. The Kier molecular flexibility index (Phi) is 4.37. The predicted molar refractivity (Wildman–Crippen MR) is 89.0 cm³/mol. The van der Waals surface area contributed by atoms with Crippen LogP contribution in [0.25, 0.3) is 10.6 Å². The molecule has 2 heterocycles. The summed E-state index contributed by atoms with van der Waals surface area (Å²) in [6.07, 6.45) is 1.92. The molecule has 2 aromatic heterocycles. The topological polar surface area (TPSA) is 43.6 Å². The lowest BCUT2D eigenvalue weighted by molar-refractivity contribution is 0.641. The van der Waals surface area contributed by atoms with E-state index in [1.165, 1.54) is 0 Å². The van der Waals surface area contributed by atoms with Gasteiger partial charge < -0.3 is 0 Å². The van der Waals surface area contributed by atoms with Crippen molar-refractivity contribution in [1.29, 1.82) is 0 Å². The molecule has 4 nitrogen and oxygen atoms in total. The predicted octanol–water partition coefficient (Wildman–Crippen LogP) is 4.56. The van der Waals surface area contributed by atoms with Crippen molar-refractivity contribution in [3.8, 4) is 10.6 Å². The van der Waals surface area contributed by atoms with E-state index in [-0.39, 0.29) is 4.83 Å². The molecule has 0 amide bonds. The summed E-state index contributed by atoms with van der Waals surface area (Å²) in [4.78, 5) is 4.82. The van der Waals surface area contributed by atoms with Crippen LogP contribution in [0.2, 0.25) is 5.02 Å². The van der Waals surface area contributed by atoms with Crippen LogP contribution in [0.3, 0.4) is 0 Å². The lowest BCUT2D eigenvalue weighted by Gasteiger charge is -1.99. The Balaban J connectivity index is 1.80. The normalized spacial score (nSPS) is 12.5. The highest BCUT2D eigenvalue weighted by Gasteiger charge is 2.10. The first-order valence-electron chi connectivity index (χ1n) is 6.37. The van der Waals surface area contributed by atoms with Gasteiger partial charge in [0.1, 0.15) is 5.01 Å². The molecule has 0 spiro atoms. The van der Waals surface area contributed by atoms with Gasteiger partial charge in [0, 0.05) is 10.9 Å². The summed E-state index contributed by atoms with van der Waals surface area (Å²) >= 11 is 11.3. The fraction of sp³-hybridized carbons (Fsp3) is 0.214. The number of hydrogen-bond donors (Lipinski definition) is 0. The van der Waals surface area contributed by atoms with E-state index < -0.39 is 0 Å². The Labute approximate surface area is 139 Å². The van der Waals surface area contributed by atoms with Crippen LogP contribution in [0.5, 0.6) is 0 Å². The summed E-state index contributed by atoms with van der Waals surface area (Å²) in [6.45, 7) is 2.63. The molecule has 0 aliphatic rings. The molecule has 0 fully saturated rings. The zero-order valence-electron chi connectivity index (χ0n) is 11.2. The van der Waals surface area contributed by atoms with Crippen molar-refractivity contribution < 1.29 is 0 Å². The summed E-state index contributed by atoms with van der Waals surface area (Å²) in [5, 5.41) is 11.9. The molecule has 0 saturated carbocycles. The molecule has 1 atom stereocenters. The number of benzene rings is 1. The van der Waals surface area contributed by atoms with Crippen molar-refractivity contribution in [2.75, 3.05) is 0 Å². The van der Waals surface area contributed by atoms with Gasteiger partial charge in [-0.1, -0.05) is 50.9 Å². The van der Waals surface area contributed by atoms with Crippen LogP contribution < -0.4 is 0 Å². The molecule has 0 N–H and O–H groups in total. The van der Waals surface area contributed by atoms with Crippen LogP contribution >= 0.6 is 38.9 Å². The van der Waals surface area contributed by atoms with E-state index in [1.807, 2.05) is 42.8 Å². The van der Waals surface area contributed by atoms with Crippen LogP contribution in [0, 0.1) is 0 Å². The number of nitrogens with zero attached hydrogens (tertiary/aromatic N) is 4. The highest BCUT2D eigenvalue weighted by atomic mass is 79.9. The second kappa shape index (κ2) is 6.25. The maximum atomic E-state index is 6.20. The van der Waals surface area contributed by atoms with Crippen LogP contribution in [0.1, 0.15) is 23.1 Å². The van der Waals surface area contributed by atoms with Crippen molar-refractivity contribution in [2.45, 2.75) is 18.3 Å². The van der Waals surface area contributed by atoms with Gasteiger partial charge in [-0.25, -0.2) is 9.67 Å². The summed E-state index contributed by atoms with van der Waals surface area (Å²) in [7, 11) is 0. The highest BCUT2D eigenvalue weighted by Crippen LogP contribution is 2.30. The van der Waals surface area contributed by atoms with Gasteiger partial charge in [-0.2, -0.15) is 0 Å². The van der Waals surface area contributed by atoms with Gasteiger partial charge in [-0.05, 0) is 13.0 Å². The van der Waals surface area contributed by atoms with E-state index in [9.17, 15) is 0 Å². The molecule has 21 heavy (non-hydrogen) atoms. The minimum absolute atomic E-state index is 0.195. The Bertz CT molecular complexity index is 753. The number of thiazole rings is 1. The monoisotopic (exact) mass is 382 g/mol. The van der Waals surface area contributed by atoms with Gasteiger partial charge in [0.05, 0.1) is 34.0 Å². The zero-order valence-corrected chi connectivity index (χ0v) is 14.4. The summed E-state index contributed by atoms with van der Waals surface area (Å²) < 4.78 is 1.79. The first-order valence-corrected chi connectivity index (χ1v) is 8.54. The number of halogens is 2. The largest absolute Gasteiger partial charge is 0.246 e. The molecule has 1 aromatic carbocycles. The minimum atomic E-state index is 0.195. The quantitative estimate of drug-likeness (QED) is 0.620. The number of aromatic nitrogens is 4. The van der Waals surface area contributed by atoms with E-state index in [0.717, 1.165) is 27.0 Å². The lowest BCUT2D eigenvalue weighted by atomic mass is 10.2. The smallest absolute Gasteiger partial charge is 0.125 e. The van der Waals surface area contributed by atoms with Gasteiger partial charge in [0.15, 0.2) is 0 Å². The summed E-state index contributed by atoms with van der Waals surface area (Å²) in [6, 6.07) is 7.73. The first kappa shape index (κ1) is 14.7. The van der Waals surface area contributed by atoms with Gasteiger partial charge in [0.2, 0.25) is 0 Å². The second-order valence-corrected chi connectivity index (χ2v) is 7.22. The second-order valence-electron chi connectivity index (χ2n) is 4.58. The van der Waals surface area contributed by atoms with Crippen LogP contribution in [0.15, 0.2) is 35.8 Å². The summed E-state index contributed by atoms with van der Waals surface area (Å²) in [5.41, 5.74) is 2.83. The van der Waals surface area contributed by atoms with E-state index in [1.54, 1.807) is 16.0 Å². The molecular formula is C14H12BrClN4S. The lowest BCUT2D eigenvalue weighted by Crippen LogP contribution is -2.00. The molecular weight excluding hydrogens is 372 g/mol. The molecule has 108 valence electrons. The number of rotatable bonds is 4. The van der Waals surface area contributed by atoms with E-state index in [0.29, 0.717) is 6.54 Å². The SMILES string of the molecule is CC(Br)c1cn(Cc2csc(-c3ccccc3Cl)n2)nn1. The standard InChI is InChI=1S/C14H12BrClN4S/c1-9(15)13-7-20(19-18-13)6-10-8-21-14(17-10)11-4-2-3-5-12(11)16/h2-5,7-9H,6H2,1H3. The average molecular weight is 384 g/mol. The number of alkyl halides is 1. The first-order chi connectivity index (χ1) is 10.1. The Morgan fingerprint density at radius 3 is 2.90 bits per heavy atom. The van der Waals surface area contributed by atoms with Crippen molar-refractivity contribution in [2.24, 2.45) is 0 Å². The molecule has 0 aliphatic carbocycles. The van der Waals surface area contributed by atoms with E-state index >= 15 is 0 Å². The van der Waals surface area contributed by atoms with E-state index in [4.69, 9.17) is 11.6 Å². The Morgan fingerprint density at radius 2 is 2.19 bits per heavy atom. The molecule has 0 aliphatic heterocycles. The molecule has 3 aromatic rings. The van der Waals surface area contributed by atoms with Crippen molar-refractivity contribution in [3.63, 3.8) is 0 Å². The van der Waals surface area contributed by atoms with Gasteiger partial charge in [-0.15, -0.1) is 16.4 Å². The molecule has 3 rings (SSSR count). The molecule has 1 unspecified atom stereocenters.